The van der Waals surface area contributed by atoms with Crippen LogP contribution in [-0.2, 0) is 11.8 Å². The molecular weight excluding hydrogens is 274 g/mol. The third kappa shape index (κ3) is 1.72. The van der Waals surface area contributed by atoms with Gasteiger partial charge in [0.2, 0.25) is 0 Å². The second-order valence-electron chi connectivity index (χ2n) is 6.99. The summed E-state index contributed by atoms with van der Waals surface area (Å²) in [6.45, 7) is 1.18. The van der Waals surface area contributed by atoms with Crippen LogP contribution < -0.4 is 9.47 Å². The number of hydrogen-bond donors (Lipinski definition) is 0. The molecule has 0 saturated carbocycles. The molecule has 2 bridgehead atoms. The molecule has 0 aromatic heterocycles. The molecule has 1 aromatic carbocycles. The van der Waals surface area contributed by atoms with E-state index in [0.717, 1.165) is 17.9 Å². The molecule has 3 heteroatoms. The standard InChI is InChI=1S/C19H25NO2/c1-20-11-10-19-9-5-4-6-14(19)15(20)12-13-7-8-16(21-2)18(22-3)17(13)19/h4,6-8,14-15H,5,9-12H2,1-3H3. The minimum absolute atomic E-state index is 0.236. The van der Waals surface area contributed by atoms with Crippen LogP contribution in [0, 0.1) is 5.92 Å². The summed E-state index contributed by atoms with van der Waals surface area (Å²) >= 11 is 0. The number of likely N-dealkylation sites (N-methyl/N-ethyl adjacent to an activating group) is 1. The number of likely N-dealkylation sites (tertiary alicyclic amines) is 1. The number of benzene rings is 1. The van der Waals surface area contributed by atoms with Gasteiger partial charge in [0.1, 0.15) is 0 Å². The average Bonchev–Trinajstić information content (AvgIpc) is 2.57. The van der Waals surface area contributed by atoms with Gasteiger partial charge in [-0.25, -0.2) is 0 Å². The van der Waals surface area contributed by atoms with Gasteiger partial charge in [0.15, 0.2) is 11.5 Å². The van der Waals surface area contributed by atoms with Crippen molar-refractivity contribution >= 4 is 0 Å². The van der Waals surface area contributed by atoms with Crippen LogP contribution in [0.15, 0.2) is 24.3 Å². The fraction of sp³-hybridized carbons (Fsp3) is 0.579. The first kappa shape index (κ1) is 14.1. The van der Waals surface area contributed by atoms with Gasteiger partial charge in [0, 0.05) is 22.9 Å². The zero-order valence-electron chi connectivity index (χ0n) is 13.8. The van der Waals surface area contributed by atoms with E-state index >= 15 is 0 Å². The predicted octanol–water partition coefficient (Wildman–Crippen LogP) is 3.17. The Morgan fingerprint density at radius 3 is 2.82 bits per heavy atom. The van der Waals surface area contributed by atoms with Gasteiger partial charge in [-0.15, -0.1) is 0 Å². The van der Waals surface area contributed by atoms with Crippen molar-refractivity contribution in [2.75, 3.05) is 27.8 Å². The molecule has 1 aromatic rings. The maximum Gasteiger partial charge on any atom is 0.164 e. The molecule has 1 saturated heterocycles. The van der Waals surface area contributed by atoms with Crippen LogP contribution in [0.2, 0.25) is 0 Å². The zero-order chi connectivity index (χ0) is 15.3. The Hall–Kier alpha value is -1.48. The summed E-state index contributed by atoms with van der Waals surface area (Å²) in [5.41, 5.74) is 3.13. The molecule has 22 heavy (non-hydrogen) atoms. The average molecular weight is 299 g/mol. The highest BCUT2D eigenvalue weighted by molar-refractivity contribution is 5.57. The third-order valence-electron chi connectivity index (χ3n) is 6.19. The first-order valence-corrected chi connectivity index (χ1v) is 8.32. The van der Waals surface area contributed by atoms with Crippen molar-refractivity contribution in [2.24, 2.45) is 5.92 Å². The molecule has 1 aliphatic heterocycles. The number of rotatable bonds is 2. The Bertz CT molecular complexity index is 624. The van der Waals surface area contributed by atoms with Gasteiger partial charge in [-0.1, -0.05) is 18.2 Å². The third-order valence-corrected chi connectivity index (χ3v) is 6.19. The quantitative estimate of drug-likeness (QED) is 0.783. The van der Waals surface area contributed by atoms with Gasteiger partial charge in [-0.2, -0.15) is 0 Å². The summed E-state index contributed by atoms with van der Waals surface area (Å²) in [7, 11) is 5.80. The largest absolute Gasteiger partial charge is 0.493 e. The van der Waals surface area contributed by atoms with E-state index in [4.69, 9.17) is 9.47 Å². The van der Waals surface area contributed by atoms with Gasteiger partial charge < -0.3 is 14.4 Å². The number of ether oxygens (including phenoxy) is 2. The first-order chi connectivity index (χ1) is 10.7. The summed E-state index contributed by atoms with van der Waals surface area (Å²) < 4.78 is 11.4. The van der Waals surface area contributed by atoms with E-state index in [1.165, 1.54) is 36.9 Å². The van der Waals surface area contributed by atoms with Crippen LogP contribution in [0.4, 0.5) is 0 Å². The van der Waals surface area contributed by atoms with Crippen molar-refractivity contribution in [3.05, 3.63) is 35.4 Å². The van der Waals surface area contributed by atoms with Crippen molar-refractivity contribution in [3.63, 3.8) is 0 Å². The van der Waals surface area contributed by atoms with Gasteiger partial charge in [0.25, 0.3) is 0 Å². The zero-order valence-corrected chi connectivity index (χ0v) is 13.8. The first-order valence-electron chi connectivity index (χ1n) is 8.32. The van der Waals surface area contributed by atoms with Gasteiger partial charge in [-0.05, 0) is 50.9 Å². The predicted molar refractivity (Wildman–Crippen MR) is 87.8 cm³/mol. The molecule has 4 rings (SSSR count). The molecule has 2 aliphatic carbocycles. The molecule has 0 radical (unpaired) electrons. The van der Waals surface area contributed by atoms with Gasteiger partial charge >= 0.3 is 0 Å². The Balaban J connectivity index is 1.97. The Morgan fingerprint density at radius 1 is 1.18 bits per heavy atom. The Labute approximate surface area is 132 Å². The monoisotopic (exact) mass is 299 g/mol. The Kier molecular flexibility index (Phi) is 3.23. The van der Waals surface area contributed by atoms with Gasteiger partial charge in [0.05, 0.1) is 14.2 Å². The maximum absolute atomic E-state index is 5.83. The van der Waals surface area contributed by atoms with Crippen LogP contribution in [0.3, 0.4) is 0 Å². The van der Waals surface area contributed by atoms with Crippen molar-refractivity contribution in [1.29, 1.82) is 0 Å². The number of nitrogens with zero attached hydrogens (tertiary/aromatic N) is 1. The second kappa shape index (κ2) is 5.02. The van der Waals surface area contributed by atoms with Crippen LogP contribution in [0.1, 0.15) is 30.4 Å². The molecule has 3 atom stereocenters. The molecule has 0 amide bonds. The van der Waals surface area contributed by atoms with Crippen LogP contribution in [-0.4, -0.2) is 38.8 Å². The van der Waals surface area contributed by atoms with Crippen molar-refractivity contribution in [3.8, 4) is 11.5 Å². The highest BCUT2D eigenvalue weighted by Crippen LogP contribution is 2.57. The summed E-state index contributed by atoms with van der Waals surface area (Å²) in [6.07, 6.45) is 9.59. The normalized spacial score (nSPS) is 33.0. The van der Waals surface area contributed by atoms with E-state index in [0.29, 0.717) is 12.0 Å². The number of fused-ring (bicyclic) bond motifs is 1. The van der Waals surface area contributed by atoms with Crippen molar-refractivity contribution in [1.82, 2.24) is 4.90 Å². The van der Waals surface area contributed by atoms with E-state index in [9.17, 15) is 0 Å². The highest BCUT2D eigenvalue weighted by atomic mass is 16.5. The van der Waals surface area contributed by atoms with Crippen LogP contribution in [0.25, 0.3) is 0 Å². The molecule has 3 unspecified atom stereocenters. The minimum atomic E-state index is 0.236. The molecule has 3 nitrogen and oxygen atoms in total. The summed E-state index contributed by atoms with van der Waals surface area (Å²) in [5, 5.41) is 0. The minimum Gasteiger partial charge on any atom is -0.493 e. The summed E-state index contributed by atoms with van der Waals surface area (Å²) in [6, 6.07) is 4.96. The fourth-order valence-electron chi connectivity index (χ4n) is 5.15. The molecule has 0 N–H and O–H groups in total. The lowest BCUT2D eigenvalue weighted by atomic mass is 9.54. The molecule has 118 valence electrons. The molecule has 0 spiro atoms. The van der Waals surface area contributed by atoms with E-state index < -0.39 is 0 Å². The summed E-state index contributed by atoms with van der Waals surface area (Å²) in [4.78, 5) is 2.55. The summed E-state index contributed by atoms with van der Waals surface area (Å²) in [5.74, 6) is 2.46. The lowest BCUT2D eigenvalue weighted by Gasteiger charge is -2.57. The van der Waals surface area contributed by atoms with Crippen molar-refractivity contribution < 1.29 is 9.47 Å². The Morgan fingerprint density at radius 2 is 2.05 bits per heavy atom. The number of piperidine rings is 1. The van der Waals surface area contributed by atoms with E-state index in [2.05, 4.69) is 36.2 Å². The highest BCUT2D eigenvalue weighted by Gasteiger charge is 2.53. The lowest BCUT2D eigenvalue weighted by Crippen LogP contribution is -2.58. The molecule has 3 aliphatic rings. The molecular formula is C19H25NO2. The maximum atomic E-state index is 5.83. The fourth-order valence-corrected chi connectivity index (χ4v) is 5.15. The lowest BCUT2D eigenvalue weighted by molar-refractivity contribution is 0.0458. The SMILES string of the molecule is COc1ccc2c(c1OC)C13CCC=CC1C(C2)N(C)CC3. The number of hydrogen-bond acceptors (Lipinski definition) is 3. The van der Waals surface area contributed by atoms with E-state index in [-0.39, 0.29) is 5.41 Å². The van der Waals surface area contributed by atoms with Crippen molar-refractivity contribution in [2.45, 2.75) is 37.1 Å². The van der Waals surface area contributed by atoms with Gasteiger partial charge in [-0.3, -0.25) is 0 Å². The van der Waals surface area contributed by atoms with Crippen LogP contribution in [0.5, 0.6) is 11.5 Å². The molecule has 1 fully saturated rings. The van der Waals surface area contributed by atoms with E-state index in [1.54, 1.807) is 14.2 Å². The topological polar surface area (TPSA) is 21.7 Å². The van der Waals surface area contributed by atoms with E-state index in [1.807, 2.05) is 0 Å². The molecule has 1 heterocycles. The number of methoxy groups -OCH3 is 2. The number of allylic oxidation sites excluding steroid dienone is 1. The van der Waals surface area contributed by atoms with Crippen LogP contribution >= 0.6 is 0 Å². The smallest absolute Gasteiger partial charge is 0.164 e. The second-order valence-corrected chi connectivity index (χ2v) is 6.99.